The Labute approximate surface area is 255 Å². The molecule has 206 valence electrons. The molecule has 0 saturated carbocycles. The van der Waals surface area contributed by atoms with Crippen molar-refractivity contribution < 1.29 is 0 Å². The zero-order valence-electron chi connectivity index (χ0n) is 24.1. The average Bonchev–Trinajstić information content (AvgIpc) is 3.62. The molecular formula is C42H28N2. The maximum absolute atomic E-state index is 2.46. The van der Waals surface area contributed by atoms with Crippen LogP contribution in [0.4, 0.5) is 0 Å². The third-order valence-electron chi connectivity index (χ3n) is 8.92. The van der Waals surface area contributed by atoms with Crippen LogP contribution in [0, 0.1) is 0 Å². The fourth-order valence-electron chi connectivity index (χ4n) is 7.12. The zero-order chi connectivity index (χ0) is 29.0. The number of rotatable bonds is 4. The van der Waals surface area contributed by atoms with Gasteiger partial charge < -0.3 is 9.13 Å². The van der Waals surface area contributed by atoms with Crippen LogP contribution < -0.4 is 0 Å². The van der Waals surface area contributed by atoms with E-state index >= 15 is 0 Å². The molecule has 0 amide bonds. The predicted octanol–water partition coefficient (Wildman–Crippen LogP) is 11.2. The van der Waals surface area contributed by atoms with E-state index in [0.717, 1.165) is 11.4 Å². The lowest BCUT2D eigenvalue weighted by atomic mass is 9.89. The molecule has 0 bridgehead atoms. The molecule has 0 atom stereocenters. The highest BCUT2D eigenvalue weighted by Crippen LogP contribution is 2.47. The molecule has 0 spiro atoms. The molecule has 2 aromatic heterocycles. The molecule has 9 rings (SSSR count). The maximum Gasteiger partial charge on any atom is 0.0625 e. The van der Waals surface area contributed by atoms with E-state index in [1.807, 2.05) is 0 Å². The van der Waals surface area contributed by atoms with Gasteiger partial charge in [-0.15, -0.1) is 0 Å². The van der Waals surface area contributed by atoms with E-state index in [1.165, 1.54) is 65.9 Å². The molecule has 0 aliphatic carbocycles. The van der Waals surface area contributed by atoms with E-state index < -0.39 is 0 Å². The van der Waals surface area contributed by atoms with Crippen LogP contribution in [0.1, 0.15) is 0 Å². The summed E-state index contributed by atoms with van der Waals surface area (Å²) in [7, 11) is 0. The lowest BCUT2D eigenvalue weighted by Crippen LogP contribution is -1.97. The van der Waals surface area contributed by atoms with Crippen LogP contribution >= 0.6 is 0 Å². The molecule has 44 heavy (non-hydrogen) atoms. The molecule has 7 aromatic carbocycles. The van der Waals surface area contributed by atoms with Gasteiger partial charge >= 0.3 is 0 Å². The predicted molar refractivity (Wildman–Crippen MR) is 186 cm³/mol. The minimum atomic E-state index is 1.16. The Morgan fingerprint density at radius 1 is 0.318 bits per heavy atom. The van der Waals surface area contributed by atoms with Crippen molar-refractivity contribution >= 4 is 43.6 Å². The van der Waals surface area contributed by atoms with Crippen molar-refractivity contribution in [1.29, 1.82) is 0 Å². The van der Waals surface area contributed by atoms with Crippen LogP contribution in [0.3, 0.4) is 0 Å². The lowest BCUT2D eigenvalue weighted by molar-refractivity contribution is 1.18. The monoisotopic (exact) mass is 560 g/mol. The topological polar surface area (TPSA) is 9.86 Å². The van der Waals surface area contributed by atoms with Gasteiger partial charge in [0.15, 0.2) is 0 Å². The van der Waals surface area contributed by atoms with Crippen molar-refractivity contribution in [2.24, 2.45) is 0 Å². The molecule has 2 nitrogen and oxygen atoms in total. The fraction of sp³-hybridized carbons (Fsp3) is 0. The van der Waals surface area contributed by atoms with Gasteiger partial charge in [0.1, 0.15) is 0 Å². The van der Waals surface area contributed by atoms with Gasteiger partial charge in [0.05, 0.1) is 22.1 Å². The maximum atomic E-state index is 2.46. The van der Waals surface area contributed by atoms with Crippen molar-refractivity contribution in [2.45, 2.75) is 0 Å². The van der Waals surface area contributed by atoms with Crippen LogP contribution in [0.25, 0.3) is 77.2 Å². The first-order chi connectivity index (χ1) is 21.9. The number of benzene rings is 7. The molecule has 0 N–H and O–H groups in total. The average molecular weight is 561 g/mol. The largest absolute Gasteiger partial charge is 0.309 e. The van der Waals surface area contributed by atoms with E-state index in [-0.39, 0.29) is 0 Å². The number of hydrogen-bond acceptors (Lipinski definition) is 0. The van der Waals surface area contributed by atoms with Gasteiger partial charge in [0.25, 0.3) is 0 Å². The van der Waals surface area contributed by atoms with Gasteiger partial charge in [0, 0.05) is 38.5 Å². The summed E-state index contributed by atoms with van der Waals surface area (Å²) in [5.41, 5.74) is 12.1. The molecule has 9 aromatic rings. The Kier molecular flexibility index (Phi) is 5.54. The first-order valence-corrected chi connectivity index (χ1v) is 15.1. The normalized spacial score (nSPS) is 11.6. The summed E-state index contributed by atoms with van der Waals surface area (Å²) in [5.74, 6) is 0. The Morgan fingerprint density at radius 3 is 1.57 bits per heavy atom. The van der Waals surface area contributed by atoms with E-state index in [1.54, 1.807) is 0 Å². The third kappa shape index (κ3) is 3.61. The molecule has 0 aliphatic heterocycles. The molecule has 0 aliphatic rings. The molecule has 0 fully saturated rings. The highest BCUT2D eigenvalue weighted by atomic mass is 15.0. The minimum Gasteiger partial charge on any atom is -0.309 e. The second-order valence-corrected chi connectivity index (χ2v) is 11.3. The van der Waals surface area contributed by atoms with Gasteiger partial charge in [0.2, 0.25) is 0 Å². The third-order valence-corrected chi connectivity index (χ3v) is 8.92. The van der Waals surface area contributed by atoms with Crippen LogP contribution in [0.15, 0.2) is 170 Å². The van der Waals surface area contributed by atoms with Crippen LogP contribution in [-0.2, 0) is 0 Å². The second kappa shape index (κ2) is 9.86. The van der Waals surface area contributed by atoms with Crippen molar-refractivity contribution in [3.63, 3.8) is 0 Å². The Balaban J connectivity index is 1.52. The number of hydrogen-bond donors (Lipinski definition) is 0. The molecular weight excluding hydrogens is 532 g/mol. The number of fused-ring (bicyclic) bond motifs is 6. The van der Waals surface area contributed by atoms with Crippen LogP contribution in [0.5, 0.6) is 0 Å². The zero-order valence-corrected chi connectivity index (χ0v) is 24.1. The number of nitrogens with zero attached hydrogens (tertiary/aromatic N) is 2. The first-order valence-electron chi connectivity index (χ1n) is 15.1. The van der Waals surface area contributed by atoms with Crippen molar-refractivity contribution in [1.82, 2.24) is 9.13 Å². The van der Waals surface area contributed by atoms with Crippen molar-refractivity contribution in [3.05, 3.63) is 170 Å². The lowest BCUT2D eigenvalue weighted by Gasteiger charge is -2.17. The summed E-state index contributed by atoms with van der Waals surface area (Å²) in [6.07, 6.45) is 0. The Morgan fingerprint density at radius 2 is 0.864 bits per heavy atom. The Bertz CT molecular complexity index is 2470. The molecule has 0 unspecified atom stereocenters. The van der Waals surface area contributed by atoms with E-state index in [0.29, 0.717) is 0 Å². The van der Waals surface area contributed by atoms with Crippen LogP contribution in [0.2, 0.25) is 0 Å². The SMILES string of the molecule is c1ccc(-c2ccc3c4ccccc4n(-c4ccccc4)c3c2-c2cccc3c2c2ccccc2n3-c2ccccc2)cc1. The molecule has 2 heterocycles. The minimum absolute atomic E-state index is 1.16. The van der Waals surface area contributed by atoms with Gasteiger partial charge in [-0.3, -0.25) is 0 Å². The van der Waals surface area contributed by atoms with Gasteiger partial charge in [-0.2, -0.15) is 0 Å². The highest BCUT2D eigenvalue weighted by Gasteiger charge is 2.23. The standard InChI is InChI=1S/C42H28N2/c1-4-15-29(16-5-1)32-27-28-34-33-21-10-12-24-37(33)44(31-19-8-3-9-20-31)42(34)41(32)36-23-14-26-39-40(36)35-22-11-13-25-38(35)43(39)30-17-6-2-7-18-30/h1-28H. The molecule has 2 heteroatoms. The van der Waals surface area contributed by atoms with Gasteiger partial charge in [-0.1, -0.05) is 127 Å². The smallest absolute Gasteiger partial charge is 0.0625 e. The number of aromatic nitrogens is 2. The summed E-state index contributed by atoms with van der Waals surface area (Å²) in [6, 6.07) is 61.4. The first kappa shape index (κ1) is 24.7. The second-order valence-electron chi connectivity index (χ2n) is 11.3. The van der Waals surface area contributed by atoms with E-state index in [4.69, 9.17) is 0 Å². The number of para-hydroxylation sites is 4. The summed E-state index contributed by atoms with van der Waals surface area (Å²) >= 11 is 0. The van der Waals surface area contributed by atoms with Crippen LogP contribution in [-0.4, -0.2) is 9.13 Å². The summed E-state index contributed by atoms with van der Waals surface area (Å²) in [6.45, 7) is 0. The fourth-order valence-corrected chi connectivity index (χ4v) is 7.12. The van der Waals surface area contributed by atoms with Crippen molar-refractivity contribution in [2.75, 3.05) is 0 Å². The Hall–Kier alpha value is -5.86. The quantitative estimate of drug-likeness (QED) is 0.203. The summed E-state index contributed by atoms with van der Waals surface area (Å²) in [5, 5.41) is 5.02. The molecule has 0 saturated heterocycles. The van der Waals surface area contributed by atoms with Crippen molar-refractivity contribution in [3.8, 4) is 33.6 Å². The van der Waals surface area contributed by atoms with Gasteiger partial charge in [-0.25, -0.2) is 0 Å². The van der Waals surface area contributed by atoms with Gasteiger partial charge in [-0.05, 0) is 59.2 Å². The van der Waals surface area contributed by atoms with E-state index in [9.17, 15) is 0 Å². The van der Waals surface area contributed by atoms with E-state index in [2.05, 4.69) is 179 Å². The highest BCUT2D eigenvalue weighted by molar-refractivity contribution is 6.22. The summed E-state index contributed by atoms with van der Waals surface area (Å²) in [4.78, 5) is 0. The molecule has 0 radical (unpaired) electrons. The summed E-state index contributed by atoms with van der Waals surface area (Å²) < 4.78 is 4.87.